The maximum atomic E-state index is 5.39. The average molecular weight is 520 g/mol. The third-order valence-corrected chi connectivity index (χ3v) is 4.00. The van der Waals surface area contributed by atoms with Gasteiger partial charge < -0.3 is 20.1 Å². The van der Waals surface area contributed by atoms with Crippen molar-refractivity contribution in [3.8, 4) is 11.5 Å². The fourth-order valence-electron chi connectivity index (χ4n) is 2.25. The largest absolute Gasteiger partial charge is 0.497 e. The summed E-state index contributed by atoms with van der Waals surface area (Å²) in [4.78, 5) is 4.25. The summed E-state index contributed by atoms with van der Waals surface area (Å²) < 4.78 is 11.6. The van der Waals surface area contributed by atoms with Crippen LogP contribution in [-0.2, 0) is 13.1 Å². The first-order valence-electron chi connectivity index (χ1n) is 7.56. The van der Waals surface area contributed by atoms with Gasteiger partial charge in [-0.05, 0) is 35.9 Å². The summed E-state index contributed by atoms with van der Waals surface area (Å²) in [5.41, 5.74) is 2.17. The van der Waals surface area contributed by atoms with E-state index in [1.165, 1.54) is 0 Å². The number of guanidine groups is 1. The van der Waals surface area contributed by atoms with Crippen LogP contribution < -0.4 is 20.1 Å². The van der Waals surface area contributed by atoms with Crippen LogP contribution in [0.2, 0.25) is 0 Å². The highest BCUT2D eigenvalue weighted by atomic mass is 127. The Morgan fingerprint density at radius 2 is 1.80 bits per heavy atom. The minimum Gasteiger partial charge on any atom is -0.497 e. The number of nitrogens with zero attached hydrogens (tertiary/aromatic N) is 1. The molecule has 0 saturated heterocycles. The minimum absolute atomic E-state index is 0. The molecule has 2 rings (SSSR count). The van der Waals surface area contributed by atoms with E-state index in [-0.39, 0.29) is 24.0 Å². The highest BCUT2D eigenvalue weighted by molar-refractivity contribution is 14.0. The van der Waals surface area contributed by atoms with E-state index in [2.05, 4.69) is 31.6 Å². The van der Waals surface area contributed by atoms with Crippen molar-refractivity contribution in [3.63, 3.8) is 0 Å². The van der Waals surface area contributed by atoms with Crippen molar-refractivity contribution in [1.82, 2.24) is 10.6 Å². The summed E-state index contributed by atoms with van der Waals surface area (Å²) in [5.74, 6) is 2.41. The van der Waals surface area contributed by atoms with Gasteiger partial charge in [0.15, 0.2) is 5.96 Å². The van der Waals surface area contributed by atoms with Crippen LogP contribution >= 0.6 is 39.9 Å². The molecule has 7 heteroatoms. The predicted octanol–water partition coefficient (Wildman–Crippen LogP) is 3.95. The van der Waals surface area contributed by atoms with E-state index in [0.29, 0.717) is 13.1 Å². The predicted molar refractivity (Wildman–Crippen MR) is 116 cm³/mol. The lowest BCUT2D eigenvalue weighted by atomic mass is 10.2. The number of aliphatic imine (C=N–C) groups is 1. The third-order valence-electron chi connectivity index (χ3n) is 3.51. The second-order valence-corrected chi connectivity index (χ2v) is 6.00. The number of rotatable bonds is 6. The quantitative estimate of drug-likeness (QED) is 0.345. The molecular formula is C18H23BrIN3O2. The molecule has 2 aromatic carbocycles. The van der Waals surface area contributed by atoms with Gasteiger partial charge >= 0.3 is 0 Å². The summed E-state index contributed by atoms with van der Waals surface area (Å²) in [6.07, 6.45) is 0. The van der Waals surface area contributed by atoms with Crippen molar-refractivity contribution in [2.75, 3.05) is 21.3 Å². The van der Waals surface area contributed by atoms with Gasteiger partial charge in [0.2, 0.25) is 0 Å². The molecular weight excluding hydrogens is 497 g/mol. The lowest BCUT2D eigenvalue weighted by Crippen LogP contribution is -2.36. The Bertz CT molecular complexity index is 710. The summed E-state index contributed by atoms with van der Waals surface area (Å²) in [6.45, 7) is 1.27. The number of methoxy groups -OCH3 is 2. The number of hydrogen-bond acceptors (Lipinski definition) is 3. The maximum Gasteiger partial charge on any atom is 0.191 e. The van der Waals surface area contributed by atoms with Crippen molar-refractivity contribution >= 4 is 45.9 Å². The zero-order valence-electron chi connectivity index (χ0n) is 14.5. The van der Waals surface area contributed by atoms with Crippen LogP contribution in [0.1, 0.15) is 11.1 Å². The lowest BCUT2D eigenvalue weighted by molar-refractivity contribution is 0.409. The first-order chi connectivity index (χ1) is 11.7. The molecule has 0 spiro atoms. The highest BCUT2D eigenvalue weighted by Crippen LogP contribution is 2.22. The molecule has 0 fully saturated rings. The zero-order chi connectivity index (χ0) is 17.4. The molecule has 0 saturated carbocycles. The fourth-order valence-corrected chi connectivity index (χ4v) is 2.66. The van der Waals surface area contributed by atoms with E-state index in [1.807, 2.05) is 42.5 Å². The number of nitrogens with one attached hydrogen (secondary N) is 2. The standard InChI is InChI=1S/C18H22BrN3O2.HI/c1-20-18(21-11-13-5-4-6-16(9-13)23-2)22-12-14-10-15(19)7-8-17(14)24-3;/h4-10H,11-12H2,1-3H3,(H2,20,21,22);1H. The highest BCUT2D eigenvalue weighted by Gasteiger charge is 2.05. The van der Waals surface area contributed by atoms with Gasteiger partial charge in [0.25, 0.3) is 0 Å². The molecule has 0 amide bonds. The first-order valence-corrected chi connectivity index (χ1v) is 8.35. The molecule has 2 N–H and O–H groups in total. The van der Waals surface area contributed by atoms with Crippen molar-refractivity contribution < 1.29 is 9.47 Å². The van der Waals surface area contributed by atoms with E-state index in [9.17, 15) is 0 Å². The van der Waals surface area contributed by atoms with Crippen LogP contribution in [0.3, 0.4) is 0 Å². The van der Waals surface area contributed by atoms with Gasteiger partial charge in [-0.15, -0.1) is 24.0 Å². The van der Waals surface area contributed by atoms with E-state index >= 15 is 0 Å². The molecule has 0 heterocycles. The Morgan fingerprint density at radius 1 is 1.04 bits per heavy atom. The topological polar surface area (TPSA) is 54.9 Å². The lowest BCUT2D eigenvalue weighted by Gasteiger charge is -2.14. The molecule has 5 nitrogen and oxygen atoms in total. The molecule has 2 aromatic rings. The first kappa shape index (κ1) is 21.6. The second kappa shape index (κ2) is 11.2. The molecule has 0 aliphatic carbocycles. The van der Waals surface area contributed by atoms with Crippen LogP contribution in [0.25, 0.3) is 0 Å². The number of halogens is 2. The van der Waals surface area contributed by atoms with Crippen molar-refractivity contribution in [3.05, 3.63) is 58.1 Å². The summed E-state index contributed by atoms with van der Waals surface area (Å²) in [6, 6.07) is 13.9. The van der Waals surface area contributed by atoms with Crippen LogP contribution in [0.4, 0.5) is 0 Å². The molecule has 0 atom stereocenters. The van der Waals surface area contributed by atoms with E-state index in [4.69, 9.17) is 9.47 Å². The molecule has 0 unspecified atom stereocenters. The monoisotopic (exact) mass is 519 g/mol. The van der Waals surface area contributed by atoms with Crippen LogP contribution in [-0.4, -0.2) is 27.2 Å². The van der Waals surface area contributed by atoms with Crippen LogP contribution in [0, 0.1) is 0 Å². The van der Waals surface area contributed by atoms with Crippen LogP contribution in [0.5, 0.6) is 11.5 Å². The fraction of sp³-hybridized carbons (Fsp3) is 0.278. The van der Waals surface area contributed by atoms with Gasteiger partial charge in [0.1, 0.15) is 11.5 Å². The van der Waals surface area contributed by atoms with Gasteiger partial charge in [0.05, 0.1) is 14.2 Å². The Hall–Kier alpha value is -1.48. The van der Waals surface area contributed by atoms with Crippen molar-refractivity contribution in [1.29, 1.82) is 0 Å². The summed E-state index contributed by atoms with van der Waals surface area (Å²) in [7, 11) is 5.08. The molecule has 0 aliphatic rings. The third kappa shape index (κ3) is 6.74. The Morgan fingerprint density at radius 3 is 2.48 bits per heavy atom. The zero-order valence-corrected chi connectivity index (χ0v) is 18.4. The Labute approximate surface area is 174 Å². The second-order valence-electron chi connectivity index (χ2n) is 5.09. The molecule has 0 aliphatic heterocycles. The normalized spacial score (nSPS) is 10.6. The maximum absolute atomic E-state index is 5.39. The van der Waals surface area contributed by atoms with E-state index in [0.717, 1.165) is 33.1 Å². The smallest absolute Gasteiger partial charge is 0.191 e. The molecule has 136 valence electrons. The van der Waals surface area contributed by atoms with Crippen molar-refractivity contribution in [2.45, 2.75) is 13.1 Å². The van der Waals surface area contributed by atoms with Gasteiger partial charge in [0, 0.05) is 30.2 Å². The SMILES string of the molecule is CN=C(NCc1cccc(OC)c1)NCc1cc(Br)ccc1OC.I. The van der Waals surface area contributed by atoms with E-state index in [1.54, 1.807) is 21.3 Å². The molecule has 0 aromatic heterocycles. The summed E-state index contributed by atoms with van der Waals surface area (Å²) in [5, 5.41) is 6.58. The molecule has 0 bridgehead atoms. The van der Waals surface area contributed by atoms with Crippen LogP contribution in [0.15, 0.2) is 51.9 Å². The number of benzene rings is 2. The minimum atomic E-state index is 0. The summed E-state index contributed by atoms with van der Waals surface area (Å²) >= 11 is 3.48. The number of hydrogen-bond donors (Lipinski definition) is 2. The Kier molecular flexibility index (Phi) is 9.66. The van der Waals surface area contributed by atoms with Crippen molar-refractivity contribution in [2.24, 2.45) is 4.99 Å². The van der Waals surface area contributed by atoms with Gasteiger partial charge in [-0.1, -0.05) is 28.1 Å². The van der Waals surface area contributed by atoms with Gasteiger partial charge in [-0.2, -0.15) is 0 Å². The average Bonchev–Trinajstić information content (AvgIpc) is 2.62. The van der Waals surface area contributed by atoms with E-state index < -0.39 is 0 Å². The molecule has 0 radical (unpaired) electrons. The number of ether oxygens (including phenoxy) is 2. The molecule has 25 heavy (non-hydrogen) atoms. The Balaban J connectivity index is 0.00000312. The van der Waals surface area contributed by atoms with Gasteiger partial charge in [-0.3, -0.25) is 4.99 Å². The van der Waals surface area contributed by atoms with Gasteiger partial charge in [-0.25, -0.2) is 0 Å².